The van der Waals surface area contributed by atoms with Crippen molar-refractivity contribution in [2.24, 2.45) is 0 Å². The van der Waals surface area contributed by atoms with E-state index in [1.165, 1.54) is 0 Å². The Hall–Kier alpha value is 0.300. The molecule has 0 saturated heterocycles. The topological polar surface area (TPSA) is 19.9 Å². The van der Waals surface area contributed by atoms with E-state index < -0.39 is 11.4 Å². The van der Waals surface area contributed by atoms with E-state index in [2.05, 4.69) is 15.9 Å². The monoisotopic (exact) mass is 159 g/mol. The lowest BCUT2D eigenvalue weighted by atomic mass is 10.8. The lowest BCUT2D eigenvalue weighted by Gasteiger charge is -1.95. The highest BCUT2D eigenvalue weighted by molar-refractivity contribution is 9.09. The van der Waals surface area contributed by atoms with Crippen LogP contribution in [0.15, 0.2) is 0 Å². The Balaban J connectivity index is 3.17. The molecule has 1 radical (unpaired) electrons. The van der Waals surface area contributed by atoms with E-state index in [9.17, 15) is 8.78 Å². The van der Waals surface area contributed by atoms with Gasteiger partial charge in [-0.2, -0.15) is 13.9 Å². The van der Waals surface area contributed by atoms with Crippen molar-refractivity contribution < 1.29 is 13.9 Å². The molecule has 0 amide bonds. The van der Waals surface area contributed by atoms with E-state index in [0.717, 1.165) is 0 Å². The third-order valence-electron chi connectivity index (χ3n) is 0.156. The minimum Gasteiger partial charge on any atom is -0.172 e. The summed E-state index contributed by atoms with van der Waals surface area (Å²) in [4.78, 5) is 0. The molecule has 6 heavy (non-hydrogen) atoms. The van der Waals surface area contributed by atoms with Crippen molar-refractivity contribution in [2.75, 3.05) is 5.33 Å². The van der Waals surface area contributed by atoms with Crippen LogP contribution in [0.3, 0.4) is 0 Å². The van der Waals surface area contributed by atoms with Crippen molar-refractivity contribution in [1.82, 2.24) is 0 Å². The largest absolute Gasteiger partial charge is 0.390 e. The summed E-state index contributed by atoms with van der Waals surface area (Å²) >= 11 is 2.31. The van der Waals surface area contributed by atoms with E-state index >= 15 is 0 Å². The summed E-state index contributed by atoms with van der Waals surface area (Å²) < 4.78 is 21.7. The highest BCUT2D eigenvalue weighted by Crippen LogP contribution is 2.10. The van der Waals surface area contributed by atoms with E-state index in [1.54, 1.807) is 0 Å². The number of hydrogen-bond donors (Lipinski definition) is 0. The van der Waals surface area contributed by atoms with Crippen LogP contribution in [0.1, 0.15) is 0 Å². The van der Waals surface area contributed by atoms with Gasteiger partial charge in [0.2, 0.25) is 0 Å². The summed E-state index contributed by atoms with van der Waals surface area (Å²) in [7, 11) is 0. The molecule has 0 heterocycles. The van der Waals surface area contributed by atoms with Crippen LogP contribution in [-0.2, 0) is 5.11 Å². The smallest absolute Gasteiger partial charge is 0.172 e. The van der Waals surface area contributed by atoms with Crippen molar-refractivity contribution in [3.63, 3.8) is 0 Å². The zero-order valence-corrected chi connectivity index (χ0v) is 4.34. The summed E-state index contributed by atoms with van der Waals surface area (Å²) in [6, 6.07) is 0. The minimum absolute atomic E-state index is 0.806. The average Bonchev–Trinajstić information content (AvgIpc) is 1.35. The number of halogens is 3. The molecule has 0 spiro atoms. The highest BCUT2D eigenvalue weighted by atomic mass is 79.9. The van der Waals surface area contributed by atoms with Crippen LogP contribution in [-0.4, -0.2) is 11.4 Å². The molecule has 0 aliphatic rings. The molecule has 0 aromatic heterocycles. The Morgan fingerprint density at radius 2 is 1.83 bits per heavy atom. The fraction of sp³-hybridized carbons (Fsp3) is 1.00. The Morgan fingerprint density at radius 1 is 1.67 bits per heavy atom. The quantitative estimate of drug-likeness (QED) is 0.516. The van der Waals surface area contributed by atoms with Gasteiger partial charge in [-0.25, -0.2) is 0 Å². The molecule has 0 saturated carbocycles. The molecule has 37 valence electrons. The van der Waals surface area contributed by atoms with Gasteiger partial charge in [-0.05, 0) is 0 Å². The summed E-state index contributed by atoms with van der Waals surface area (Å²) in [6.07, 6.45) is -3.79. The van der Waals surface area contributed by atoms with Crippen LogP contribution in [0.4, 0.5) is 8.78 Å². The molecule has 0 fully saturated rings. The molecule has 1 nitrogen and oxygen atoms in total. The first-order valence-corrected chi connectivity index (χ1v) is 2.32. The van der Waals surface area contributed by atoms with Crippen LogP contribution in [0.2, 0.25) is 0 Å². The van der Waals surface area contributed by atoms with Crippen LogP contribution in [0.25, 0.3) is 0 Å². The first-order chi connectivity index (χ1) is 2.56. The number of rotatable bonds is 1. The maximum absolute atomic E-state index is 10.8. The molecule has 0 N–H and O–H groups in total. The normalized spacial score (nSPS) is 12.0. The van der Waals surface area contributed by atoms with E-state index in [4.69, 9.17) is 5.11 Å². The summed E-state index contributed by atoms with van der Waals surface area (Å²) in [6.45, 7) is 0. The van der Waals surface area contributed by atoms with Crippen LogP contribution >= 0.6 is 15.9 Å². The molecule has 0 aromatic rings. The van der Waals surface area contributed by atoms with Gasteiger partial charge in [0.25, 0.3) is 0 Å². The molecular formula is C2H2BrF2O. The molecule has 0 rings (SSSR count). The molecule has 0 aromatic carbocycles. The van der Waals surface area contributed by atoms with Crippen molar-refractivity contribution >= 4 is 15.9 Å². The maximum Gasteiger partial charge on any atom is 0.390 e. The Morgan fingerprint density at radius 3 is 1.83 bits per heavy atom. The predicted octanol–water partition coefficient (Wildman–Crippen LogP) is 1.40. The standard InChI is InChI=1S/C2H2BrF2O/c3-1-2(4,5)6/h1H2. The van der Waals surface area contributed by atoms with Gasteiger partial charge in [0.05, 0.1) is 5.33 Å². The Labute approximate surface area is 42.1 Å². The highest BCUT2D eigenvalue weighted by Gasteiger charge is 2.23. The Bertz CT molecular complexity index is 41.3. The van der Waals surface area contributed by atoms with Gasteiger partial charge in [-0.1, -0.05) is 15.9 Å². The molecule has 0 aliphatic heterocycles. The lowest BCUT2D eigenvalue weighted by Crippen LogP contribution is -2.12. The maximum atomic E-state index is 10.8. The molecule has 4 heteroatoms. The first kappa shape index (κ1) is 6.30. The summed E-state index contributed by atoms with van der Waals surface area (Å²) in [5.41, 5.74) is 0. The van der Waals surface area contributed by atoms with E-state index in [1.807, 2.05) is 0 Å². The Kier molecular flexibility index (Phi) is 1.93. The van der Waals surface area contributed by atoms with Gasteiger partial charge in [0, 0.05) is 0 Å². The number of alkyl halides is 3. The minimum atomic E-state index is -3.79. The number of hydrogen-bond acceptors (Lipinski definition) is 0. The van der Waals surface area contributed by atoms with Crippen molar-refractivity contribution in [2.45, 2.75) is 6.11 Å². The molecular weight excluding hydrogens is 158 g/mol. The zero-order valence-electron chi connectivity index (χ0n) is 2.75. The van der Waals surface area contributed by atoms with Crippen molar-refractivity contribution in [1.29, 1.82) is 0 Å². The fourth-order valence-corrected chi connectivity index (χ4v) is 0. The van der Waals surface area contributed by atoms with E-state index in [0.29, 0.717) is 0 Å². The fourth-order valence-electron chi connectivity index (χ4n) is 0. The predicted molar refractivity (Wildman–Crippen MR) is 19.4 cm³/mol. The van der Waals surface area contributed by atoms with Crippen LogP contribution < -0.4 is 0 Å². The van der Waals surface area contributed by atoms with Gasteiger partial charge in [-0.15, -0.1) is 0 Å². The van der Waals surface area contributed by atoms with Crippen LogP contribution in [0, 0.1) is 0 Å². The summed E-state index contributed by atoms with van der Waals surface area (Å²) in [5, 5.41) is 8.29. The van der Waals surface area contributed by atoms with Gasteiger partial charge in [0.1, 0.15) is 0 Å². The molecule has 0 bridgehead atoms. The first-order valence-electron chi connectivity index (χ1n) is 1.20. The van der Waals surface area contributed by atoms with Gasteiger partial charge in [-0.3, -0.25) is 0 Å². The van der Waals surface area contributed by atoms with Crippen molar-refractivity contribution in [3.05, 3.63) is 0 Å². The lowest BCUT2D eigenvalue weighted by molar-refractivity contribution is -0.220. The second kappa shape index (κ2) is 1.84. The molecule has 0 aliphatic carbocycles. The SMILES string of the molecule is [O]C(F)(F)CBr. The van der Waals surface area contributed by atoms with Gasteiger partial charge in [0.15, 0.2) is 0 Å². The second-order valence-corrected chi connectivity index (χ2v) is 1.33. The van der Waals surface area contributed by atoms with Crippen LogP contribution in [0.5, 0.6) is 0 Å². The van der Waals surface area contributed by atoms with Crippen molar-refractivity contribution in [3.8, 4) is 0 Å². The third-order valence-corrected chi connectivity index (χ3v) is 0.808. The zero-order chi connectivity index (χ0) is 5.21. The molecule has 0 unspecified atom stereocenters. The third kappa shape index (κ3) is 4.30. The average molecular weight is 160 g/mol. The summed E-state index contributed by atoms with van der Waals surface area (Å²) in [5.74, 6) is 0. The second-order valence-electron chi connectivity index (χ2n) is 0.771. The van der Waals surface area contributed by atoms with Gasteiger partial charge < -0.3 is 0 Å². The molecule has 0 atom stereocenters. The van der Waals surface area contributed by atoms with E-state index in [-0.39, 0.29) is 0 Å². The van der Waals surface area contributed by atoms with Gasteiger partial charge >= 0.3 is 6.11 Å².